The molecule has 0 amide bonds. The lowest BCUT2D eigenvalue weighted by Gasteiger charge is -2.10. The summed E-state index contributed by atoms with van der Waals surface area (Å²) < 4.78 is 6.38. The van der Waals surface area contributed by atoms with Gasteiger partial charge in [0.1, 0.15) is 11.2 Å². The maximum atomic E-state index is 6.38. The van der Waals surface area contributed by atoms with Crippen LogP contribution in [0.5, 0.6) is 0 Å². The predicted molar refractivity (Wildman–Crippen MR) is 186 cm³/mol. The van der Waals surface area contributed by atoms with Crippen LogP contribution in [0.1, 0.15) is 0 Å². The van der Waals surface area contributed by atoms with Gasteiger partial charge < -0.3 is 4.42 Å². The summed E-state index contributed by atoms with van der Waals surface area (Å²) in [4.78, 5) is 10.1. The fourth-order valence-corrected chi connectivity index (χ4v) is 6.34. The molecule has 210 valence electrons. The van der Waals surface area contributed by atoms with Crippen molar-refractivity contribution in [3.63, 3.8) is 0 Å². The van der Waals surface area contributed by atoms with E-state index >= 15 is 0 Å². The van der Waals surface area contributed by atoms with Crippen LogP contribution in [0.3, 0.4) is 0 Å². The van der Waals surface area contributed by atoms with Crippen molar-refractivity contribution in [2.24, 2.45) is 0 Å². The smallest absolute Gasteiger partial charge is 0.160 e. The quantitative estimate of drug-likeness (QED) is 0.210. The van der Waals surface area contributed by atoms with Crippen molar-refractivity contribution in [1.82, 2.24) is 9.97 Å². The summed E-state index contributed by atoms with van der Waals surface area (Å²) >= 11 is 0. The summed E-state index contributed by atoms with van der Waals surface area (Å²) in [6, 6.07) is 55.1. The Kier molecular flexibility index (Phi) is 5.82. The first kappa shape index (κ1) is 25.4. The Labute approximate surface area is 260 Å². The van der Waals surface area contributed by atoms with Gasteiger partial charge in [-0.2, -0.15) is 0 Å². The van der Waals surface area contributed by atoms with E-state index in [1.807, 2.05) is 18.2 Å². The van der Waals surface area contributed by atoms with Crippen molar-refractivity contribution in [3.05, 3.63) is 158 Å². The molecule has 0 atom stereocenters. The van der Waals surface area contributed by atoms with Crippen LogP contribution >= 0.6 is 0 Å². The van der Waals surface area contributed by atoms with E-state index in [0.29, 0.717) is 5.82 Å². The van der Waals surface area contributed by atoms with Crippen molar-refractivity contribution in [2.75, 3.05) is 0 Å². The lowest BCUT2D eigenvalue weighted by Crippen LogP contribution is -1.95. The highest BCUT2D eigenvalue weighted by atomic mass is 16.3. The summed E-state index contributed by atoms with van der Waals surface area (Å²) in [5, 5.41) is 5.68. The van der Waals surface area contributed by atoms with E-state index in [0.717, 1.165) is 49.7 Å². The molecule has 3 nitrogen and oxygen atoms in total. The molecule has 7 aromatic carbocycles. The number of benzene rings is 7. The molecule has 0 saturated heterocycles. The lowest BCUT2D eigenvalue weighted by atomic mass is 9.99. The lowest BCUT2D eigenvalue weighted by molar-refractivity contribution is 0.669. The van der Waals surface area contributed by atoms with Crippen molar-refractivity contribution in [3.8, 4) is 44.9 Å². The van der Waals surface area contributed by atoms with Crippen LogP contribution < -0.4 is 0 Å². The van der Waals surface area contributed by atoms with Crippen LogP contribution in [0.25, 0.3) is 88.5 Å². The first-order valence-corrected chi connectivity index (χ1v) is 15.2. The standard InChI is InChI=1S/C42H26N2O/c1-2-8-27(9-3-1)29-14-17-30(18-15-29)41-36-12-6-7-13-38(36)43-42(44-41)34-20-22-35-37-25-33(21-23-39(37)45-40(35)26-34)32-19-16-28-10-4-5-11-31(28)24-32/h1-26H. The van der Waals surface area contributed by atoms with Crippen LogP contribution in [0, 0.1) is 0 Å². The van der Waals surface area contributed by atoms with Crippen LogP contribution in [0.2, 0.25) is 0 Å². The topological polar surface area (TPSA) is 38.9 Å². The molecule has 0 aliphatic carbocycles. The molecule has 45 heavy (non-hydrogen) atoms. The molecule has 0 fully saturated rings. The summed E-state index contributed by atoms with van der Waals surface area (Å²) in [5.74, 6) is 0.676. The average molecular weight is 575 g/mol. The molecule has 0 radical (unpaired) electrons. The second kappa shape index (κ2) is 10.3. The third-order valence-corrected chi connectivity index (χ3v) is 8.68. The average Bonchev–Trinajstić information content (AvgIpc) is 3.48. The Balaban J connectivity index is 1.13. The highest BCUT2D eigenvalue weighted by Crippen LogP contribution is 2.36. The molecule has 9 rings (SSSR count). The molecular formula is C42H26N2O. The normalized spacial score (nSPS) is 11.6. The zero-order chi connectivity index (χ0) is 29.7. The van der Waals surface area contributed by atoms with Crippen molar-refractivity contribution in [2.45, 2.75) is 0 Å². The fraction of sp³-hybridized carbons (Fsp3) is 0. The Morgan fingerprint density at radius 1 is 0.356 bits per heavy atom. The van der Waals surface area contributed by atoms with E-state index in [-0.39, 0.29) is 0 Å². The van der Waals surface area contributed by atoms with Crippen LogP contribution in [-0.4, -0.2) is 9.97 Å². The molecule has 0 aliphatic rings. The van der Waals surface area contributed by atoms with Gasteiger partial charge in [0.2, 0.25) is 0 Å². The van der Waals surface area contributed by atoms with E-state index in [1.165, 1.54) is 33.0 Å². The van der Waals surface area contributed by atoms with Gasteiger partial charge in [0.15, 0.2) is 5.82 Å². The van der Waals surface area contributed by atoms with Gasteiger partial charge in [-0.25, -0.2) is 9.97 Å². The minimum absolute atomic E-state index is 0.676. The Morgan fingerprint density at radius 2 is 1.02 bits per heavy atom. The Morgan fingerprint density at radius 3 is 1.91 bits per heavy atom. The molecule has 0 saturated carbocycles. The largest absolute Gasteiger partial charge is 0.456 e. The summed E-state index contributed by atoms with van der Waals surface area (Å²) in [5.41, 5.74) is 10.2. The molecule has 0 unspecified atom stereocenters. The Hall–Kier alpha value is -6.06. The van der Waals surface area contributed by atoms with Gasteiger partial charge >= 0.3 is 0 Å². The number of rotatable bonds is 4. The van der Waals surface area contributed by atoms with Gasteiger partial charge in [-0.15, -0.1) is 0 Å². The van der Waals surface area contributed by atoms with E-state index < -0.39 is 0 Å². The summed E-state index contributed by atoms with van der Waals surface area (Å²) in [6.07, 6.45) is 0. The molecule has 2 aromatic heterocycles. The Bertz CT molecular complexity index is 2530. The number of fused-ring (bicyclic) bond motifs is 5. The maximum absolute atomic E-state index is 6.38. The zero-order valence-electron chi connectivity index (χ0n) is 24.3. The highest BCUT2D eigenvalue weighted by Gasteiger charge is 2.15. The SMILES string of the molecule is c1ccc(-c2ccc(-c3nc(-c4ccc5c(c4)oc4ccc(-c6ccc7ccccc7c6)cc45)nc4ccccc34)cc2)cc1. The molecule has 0 N–H and O–H groups in total. The maximum Gasteiger partial charge on any atom is 0.160 e. The number of furan rings is 1. The second-order valence-electron chi connectivity index (χ2n) is 11.4. The number of hydrogen-bond donors (Lipinski definition) is 0. The number of aromatic nitrogens is 2. The van der Waals surface area contributed by atoms with E-state index in [9.17, 15) is 0 Å². The van der Waals surface area contributed by atoms with Crippen molar-refractivity contribution in [1.29, 1.82) is 0 Å². The second-order valence-corrected chi connectivity index (χ2v) is 11.4. The van der Waals surface area contributed by atoms with Crippen LogP contribution in [0.15, 0.2) is 162 Å². The predicted octanol–water partition coefficient (Wildman–Crippen LogP) is 11.4. The van der Waals surface area contributed by atoms with Crippen LogP contribution in [0.4, 0.5) is 0 Å². The van der Waals surface area contributed by atoms with Gasteiger partial charge in [-0.3, -0.25) is 0 Å². The highest BCUT2D eigenvalue weighted by molar-refractivity contribution is 6.07. The number of hydrogen-bond acceptors (Lipinski definition) is 3. The van der Waals surface area contributed by atoms with Gasteiger partial charge in [-0.1, -0.05) is 121 Å². The monoisotopic (exact) mass is 574 g/mol. The zero-order valence-corrected chi connectivity index (χ0v) is 24.3. The van der Waals surface area contributed by atoms with Gasteiger partial charge in [0.25, 0.3) is 0 Å². The van der Waals surface area contributed by atoms with Crippen molar-refractivity contribution < 1.29 is 4.42 Å². The minimum atomic E-state index is 0.676. The third kappa shape index (κ3) is 4.45. The van der Waals surface area contributed by atoms with E-state index in [1.54, 1.807) is 0 Å². The van der Waals surface area contributed by atoms with E-state index in [4.69, 9.17) is 14.4 Å². The first-order valence-electron chi connectivity index (χ1n) is 15.2. The van der Waals surface area contributed by atoms with Gasteiger partial charge in [0, 0.05) is 27.3 Å². The molecule has 2 heterocycles. The van der Waals surface area contributed by atoms with Crippen molar-refractivity contribution >= 4 is 43.6 Å². The molecule has 9 aromatic rings. The summed E-state index contributed by atoms with van der Waals surface area (Å²) in [7, 11) is 0. The fourth-order valence-electron chi connectivity index (χ4n) is 6.34. The number of para-hydroxylation sites is 1. The number of nitrogens with zero attached hydrogens (tertiary/aromatic N) is 2. The first-order chi connectivity index (χ1) is 22.3. The molecular weight excluding hydrogens is 548 g/mol. The molecule has 3 heteroatoms. The third-order valence-electron chi connectivity index (χ3n) is 8.68. The van der Waals surface area contributed by atoms with Gasteiger partial charge in [0.05, 0.1) is 11.2 Å². The summed E-state index contributed by atoms with van der Waals surface area (Å²) in [6.45, 7) is 0. The molecule has 0 bridgehead atoms. The van der Waals surface area contributed by atoms with Crippen LogP contribution in [-0.2, 0) is 0 Å². The molecule has 0 spiro atoms. The minimum Gasteiger partial charge on any atom is -0.456 e. The van der Waals surface area contributed by atoms with Gasteiger partial charge in [-0.05, 0) is 69.4 Å². The van der Waals surface area contributed by atoms with E-state index in [2.05, 4.69) is 140 Å². The molecule has 0 aliphatic heterocycles.